The van der Waals surface area contributed by atoms with E-state index in [-0.39, 0.29) is 18.0 Å². The number of aromatic nitrogens is 2. The first-order valence-electron chi connectivity index (χ1n) is 8.08. The molecule has 9 nitrogen and oxygen atoms in total. The van der Waals surface area contributed by atoms with E-state index >= 15 is 0 Å². The average Bonchev–Trinajstić information content (AvgIpc) is 3.20. The van der Waals surface area contributed by atoms with E-state index < -0.39 is 10.5 Å². The standard InChI is InChI=1S/C15H25N5O4/c1-15(2,3)24-14(21)19(11-6-7-11)9-5-8-16-12-13(20(22)23)17-10-18(12)4/h10-11,16H,5-9H2,1-4H3. The van der Waals surface area contributed by atoms with E-state index in [0.29, 0.717) is 25.3 Å². The van der Waals surface area contributed by atoms with Crippen LogP contribution in [0.2, 0.25) is 0 Å². The molecule has 1 fully saturated rings. The first-order valence-corrected chi connectivity index (χ1v) is 8.08. The summed E-state index contributed by atoms with van der Waals surface area (Å²) in [7, 11) is 1.69. The minimum Gasteiger partial charge on any atom is -0.444 e. The molecule has 0 radical (unpaired) electrons. The number of amides is 1. The molecule has 9 heteroatoms. The Morgan fingerprint density at radius 1 is 1.54 bits per heavy atom. The van der Waals surface area contributed by atoms with Gasteiger partial charge in [0.25, 0.3) is 0 Å². The van der Waals surface area contributed by atoms with Gasteiger partial charge < -0.3 is 25.1 Å². The van der Waals surface area contributed by atoms with Crippen LogP contribution in [0.4, 0.5) is 16.4 Å². The second-order valence-electron chi connectivity index (χ2n) is 6.97. The van der Waals surface area contributed by atoms with Crippen LogP contribution in [-0.4, -0.2) is 50.2 Å². The minimum absolute atomic E-state index is 0.191. The van der Waals surface area contributed by atoms with Gasteiger partial charge in [0, 0.05) is 26.2 Å². The maximum Gasteiger partial charge on any atom is 0.410 e. The van der Waals surface area contributed by atoms with Gasteiger partial charge in [-0.15, -0.1) is 0 Å². The number of ether oxygens (including phenoxy) is 1. The van der Waals surface area contributed by atoms with Crippen LogP contribution in [0, 0.1) is 10.1 Å². The molecule has 1 aromatic heterocycles. The van der Waals surface area contributed by atoms with Crippen molar-refractivity contribution in [1.29, 1.82) is 0 Å². The quantitative estimate of drug-likeness (QED) is 0.465. The molecular weight excluding hydrogens is 314 g/mol. The highest BCUT2D eigenvalue weighted by molar-refractivity contribution is 5.69. The Labute approximate surface area is 141 Å². The summed E-state index contributed by atoms with van der Waals surface area (Å²) in [5.74, 6) is 0.180. The molecule has 1 saturated carbocycles. The molecule has 0 aromatic carbocycles. The Bertz CT molecular complexity index is 603. The molecule has 0 saturated heterocycles. The molecule has 0 aliphatic heterocycles. The second kappa shape index (κ2) is 7.06. The van der Waals surface area contributed by atoms with Gasteiger partial charge in [0.2, 0.25) is 12.1 Å². The van der Waals surface area contributed by atoms with E-state index in [1.54, 1.807) is 16.5 Å². The third-order valence-corrected chi connectivity index (χ3v) is 3.57. The molecule has 1 amide bonds. The summed E-state index contributed by atoms with van der Waals surface area (Å²) in [6.45, 7) is 6.60. The number of hydrogen-bond donors (Lipinski definition) is 1. The van der Waals surface area contributed by atoms with E-state index in [9.17, 15) is 14.9 Å². The van der Waals surface area contributed by atoms with Gasteiger partial charge in [-0.3, -0.25) is 4.57 Å². The molecule has 1 aromatic rings. The fourth-order valence-electron chi connectivity index (χ4n) is 2.34. The second-order valence-corrected chi connectivity index (χ2v) is 6.97. The van der Waals surface area contributed by atoms with Crippen LogP contribution in [0.25, 0.3) is 0 Å². The maximum atomic E-state index is 12.2. The van der Waals surface area contributed by atoms with Crippen LogP contribution >= 0.6 is 0 Å². The number of carbonyl (C=O) groups excluding carboxylic acids is 1. The van der Waals surface area contributed by atoms with Gasteiger partial charge in [-0.2, -0.15) is 0 Å². The van der Waals surface area contributed by atoms with Crippen LogP contribution in [0.1, 0.15) is 40.0 Å². The monoisotopic (exact) mass is 339 g/mol. The molecule has 1 aliphatic carbocycles. The molecular formula is C15H25N5O4. The molecule has 0 bridgehead atoms. The van der Waals surface area contributed by atoms with E-state index in [1.807, 2.05) is 20.8 Å². The van der Waals surface area contributed by atoms with Crippen molar-refractivity contribution in [2.75, 3.05) is 18.4 Å². The molecule has 1 N–H and O–H groups in total. The molecule has 134 valence electrons. The molecule has 0 spiro atoms. The Kier molecular flexibility index (Phi) is 5.30. The van der Waals surface area contributed by atoms with Crippen molar-refractivity contribution in [3.8, 4) is 0 Å². The Morgan fingerprint density at radius 3 is 2.75 bits per heavy atom. The summed E-state index contributed by atoms with van der Waals surface area (Å²) in [6, 6.07) is 0.255. The van der Waals surface area contributed by atoms with E-state index in [1.165, 1.54) is 6.33 Å². The van der Waals surface area contributed by atoms with Crippen molar-refractivity contribution in [2.24, 2.45) is 7.05 Å². The number of nitrogens with zero attached hydrogens (tertiary/aromatic N) is 4. The van der Waals surface area contributed by atoms with E-state index in [4.69, 9.17) is 4.74 Å². The van der Waals surface area contributed by atoms with Gasteiger partial charge in [-0.25, -0.2) is 4.79 Å². The number of aryl methyl sites for hydroxylation is 1. The van der Waals surface area contributed by atoms with Crippen molar-refractivity contribution in [3.63, 3.8) is 0 Å². The lowest BCUT2D eigenvalue weighted by Crippen LogP contribution is -2.39. The molecule has 1 aliphatic rings. The molecule has 2 rings (SSSR count). The summed E-state index contributed by atoms with van der Waals surface area (Å²) in [4.78, 5) is 28.1. The van der Waals surface area contributed by atoms with Crippen molar-refractivity contribution in [1.82, 2.24) is 14.5 Å². The zero-order valence-electron chi connectivity index (χ0n) is 14.6. The van der Waals surface area contributed by atoms with Crippen LogP contribution in [0.5, 0.6) is 0 Å². The predicted molar refractivity (Wildman–Crippen MR) is 88.9 cm³/mol. The third-order valence-electron chi connectivity index (χ3n) is 3.57. The smallest absolute Gasteiger partial charge is 0.410 e. The lowest BCUT2D eigenvalue weighted by atomic mass is 10.2. The normalized spacial score (nSPS) is 14.3. The summed E-state index contributed by atoms with van der Waals surface area (Å²) < 4.78 is 7.01. The van der Waals surface area contributed by atoms with Crippen molar-refractivity contribution in [3.05, 3.63) is 16.4 Å². The zero-order chi connectivity index (χ0) is 17.9. The van der Waals surface area contributed by atoms with Crippen LogP contribution in [0.15, 0.2) is 6.33 Å². The first-order chi connectivity index (χ1) is 11.2. The largest absolute Gasteiger partial charge is 0.444 e. The van der Waals surface area contributed by atoms with Crippen molar-refractivity contribution in [2.45, 2.75) is 51.7 Å². The Balaban J connectivity index is 1.85. The molecule has 0 atom stereocenters. The minimum atomic E-state index is -0.516. The van der Waals surface area contributed by atoms with Crippen LogP contribution < -0.4 is 5.32 Å². The van der Waals surface area contributed by atoms with Crippen LogP contribution in [0.3, 0.4) is 0 Å². The predicted octanol–water partition coefficient (Wildman–Crippen LogP) is 2.53. The Morgan fingerprint density at radius 2 is 2.21 bits per heavy atom. The number of anilines is 1. The number of nitrogens with one attached hydrogen (secondary N) is 1. The fourth-order valence-corrected chi connectivity index (χ4v) is 2.34. The lowest BCUT2D eigenvalue weighted by Gasteiger charge is -2.27. The number of rotatable bonds is 7. The van der Waals surface area contributed by atoms with E-state index in [2.05, 4.69) is 10.3 Å². The number of imidazole rings is 1. The first kappa shape index (κ1) is 18.0. The Hall–Kier alpha value is -2.32. The van der Waals surface area contributed by atoms with Gasteiger partial charge in [0.1, 0.15) is 5.60 Å². The highest BCUT2D eigenvalue weighted by atomic mass is 16.6. The molecule has 1 heterocycles. The molecule has 24 heavy (non-hydrogen) atoms. The summed E-state index contributed by atoms with van der Waals surface area (Å²) in [5.41, 5.74) is -0.516. The SMILES string of the molecule is Cn1cnc([N+](=O)[O-])c1NCCCN(C(=O)OC(C)(C)C)C1CC1. The van der Waals surface area contributed by atoms with Gasteiger partial charge >= 0.3 is 11.9 Å². The molecule has 0 unspecified atom stereocenters. The average molecular weight is 339 g/mol. The van der Waals surface area contributed by atoms with E-state index in [0.717, 1.165) is 12.8 Å². The summed E-state index contributed by atoms with van der Waals surface area (Å²) in [5, 5.41) is 13.9. The lowest BCUT2D eigenvalue weighted by molar-refractivity contribution is -0.388. The van der Waals surface area contributed by atoms with Gasteiger partial charge in [-0.1, -0.05) is 0 Å². The maximum absolute atomic E-state index is 12.2. The summed E-state index contributed by atoms with van der Waals surface area (Å²) >= 11 is 0. The fraction of sp³-hybridized carbons (Fsp3) is 0.733. The van der Waals surface area contributed by atoms with Crippen LogP contribution in [-0.2, 0) is 11.8 Å². The topological polar surface area (TPSA) is 103 Å². The highest BCUT2D eigenvalue weighted by Crippen LogP contribution is 2.28. The highest BCUT2D eigenvalue weighted by Gasteiger charge is 2.34. The number of hydrogen-bond acceptors (Lipinski definition) is 6. The zero-order valence-corrected chi connectivity index (χ0v) is 14.6. The third kappa shape index (κ3) is 4.84. The van der Waals surface area contributed by atoms with Gasteiger partial charge in [0.15, 0.2) is 0 Å². The summed E-state index contributed by atoms with van der Waals surface area (Å²) in [6.07, 6.45) is 3.77. The van der Waals surface area contributed by atoms with Crippen molar-refractivity contribution >= 4 is 17.7 Å². The van der Waals surface area contributed by atoms with Crippen molar-refractivity contribution < 1.29 is 14.5 Å². The number of nitro groups is 1. The van der Waals surface area contributed by atoms with Gasteiger partial charge in [0.05, 0.1) is 0 Å². The number of carbonyl (C=O) groups is 1. The van der Waals surface area contributed by atoms with Gasteiger partial charge in [-0.05, 0) is 49.9 Å².